The van der Waals surface area contributed by atoms with E-state index < -0.39 is 0 Å². The molecule has 3 aliphatic rings. The van der Waals surface area contributed by atoms with Crippen LogP contribution in [-0.4, -0.2) is 100 Å². The van der Waals surface area contributed by atoms with Crippen molar-refractivity contribution < 1.29 is 14.3 Å². The first-order valence-electron chi connectivity index (χ1n) is 10.8. The highest BCUT2D eigenvalue weighted by atomic mass is 16.7. The number of aromatic nitrogens is 4. The Hall–Kier alpha value is -2.30. The minimum Gasteiger partial charge on any atom is -0.352 e. The Balaban J connectivity index is 1.20. The van der Waals surface area contributed by atoms with Crippen LogP contribution in [0.3, 0.4) is 0 Å². The number of rotatable bonds is 4. The van der Waals surface area contributed by atoms with Crippen LogP contribution in [-0.2, 0) is 21.3 Å². The van der Waals surface area contributed by atoms with E-state index in [0.29, 0.717) is 32.8 Å². The first-order valence-corrected chi connectivity index (χ1v) is 10.8. The molecule has 3 fully saturated rings. The van der Waals surface area contributed by atoms with E-state index in [-0.39, 0.29) is 18.2 Å². The van der Waals surface area contributed by atoms with E-state index in [4.69, 9.17) is 9.47 Å². The first kappa shape index (κ1) is 19.7. The Bertz CT molecular complexity index is 890. The van der Waals surface area contributed by atoms with Gasteiger partial charge in [0.05, 0.1) is 37.4 Å². The summed E-state index contributed by atoms with van der Waals surface area (Å²) in [5.74, 6) is 1.08. The van der Waals surface area contributed by atoms with E-state index in [1.165, 1.54) is 6.42 Å². The second kappa shape index (κ2) is 8.44. The average molecular weight is 415 g/mol. The van der Waals surface area contributed by atoms with Crippen LogP contribution in [0, 0.1) is 0 Å². The molecule has 0 bridgehead atoms. The summed E-state index contributed by atoms with van der Waals surface area (Å²) in [7, 11) is 1.88. The van der Waals surface area contributed by atoms with Gasteiger partial charge in [0.15, 0.2) is 11.9 Å². The van der Waals surface area contributed by atoms with E-state index in [1.54, 1.807) is 11.0 Å². The Morgan fingerprint density at radius 3 is 2.70 bits per heavy atom. The van der Waals surface area contributed by atoms with Gasteiger partial charge in [-0.25, -0.2) is 9.97 Å². The monoisotopic (exact) mass is 415 g/mol. The van der Waals surface area contributed by atoms with E-state index in [9.17, 15) is 4.79 Å². The fourth-order valence-electron chi connectivity index (χ4n) is 4.76. The summed E-state index contributed by atoms with van der Waals surface area (Å²) in [5.41, 5.74) is 0.825. The van der Waals surface area contributed by atoms with E-state index in [1.807, 2.05) is 18.1 Å². The Kier molecular flexibility index (Phi) is 5.53. The molecule has 3 saturated heterocycles. The zero-order chi connectivity index (χ0) is 20.5. The van der Waals surface area contributed by atoms with E-state index >= 15 is 0 Å². The van der Waals surface area contributed by atoms with Gasteiger partial charge in [0, 0.05) is 33.2 Å². The van der Waals surface area contributed by atoms with Gasteiger partial charge >= 0.3 is 0 Å². The van der Waals surface area contributed by atoms with Crippen LogP contribution < -0.4 is 4.90 Å². The van der Waals surface area contributed by atoms with Gasteiger partial charge < -0.3 is 19.3 Å². The fourth-order valence-corrected chi connectivity index (χ4v) is 4.76. The first-order chi connectivity index (χ1) is 14.7. The van der Waals surface area contributed by atoms with Crippen LogP contribution in [0.2, 0.25) is 0 Å². The van der Waals surface area contributed by atoms with Gasteiger partial charge in [0.1, 0.15) is 12.1 Å². The molecule has 5 heterocycles. The number of amides is 1. The molecule has 1 amide bonds. The SMILES string of the molecule is Cn1ncc2c(N3CCN(C(=O)CN4CCCCC4C4OCCO4)CC3)ncnc21. The normalized spacial score (nSPS) is 24.1. The highest BCUT2D eigenvalue weighted by molar-refractivity contribution is 5.87. The van der Waals surface area contributed by atoms with Crippen molar-refractivity contribution in [1.82, 2.24) is 29.5 Å². The van der Waals surface area contributed by atoms with Crippen LogP contribution in [0.5, 0.6) is 0 Å². The number of carbonyl (C=O) groups excluding carboxylic acids is 1. The van der Waals surface area contributed by atoms with Gasteiger partial charge in [0.25, 0.3) is 0 Å². The lowest BCUT2D eigenvalue weighted by molar-refractivity contribution is -0.140. The van der Waals surface area contributed by atoms with Gasteiger partial charge in [-0.05, 0) is 19.4 Å². The lowest BCUT2D eigenvalue weighted by Gasteiger charge is -2.40. The number of ether oxygens (including phenoxy) is 2. The van der Waals surface area contributed by atoms with Crippen LogP contribution >= 0.6 is 0 Å². The summed E-state index contributed by atoms with van der Waals surface area (Å²) < 4.78 is 13.2. The maximum atomic E-state index is 13.0. The molecule has 10 heteroatoms. The molecule has 0 saturated carbocycles. The number of likely N-dealkylation sites (tertiary alicyclic amines) is 1. The van der Waals surface area contributed by atoms with Crippen molar-refractivity contribution in [3.8, 4) is 0 Å². The molecule has 0 radical (unpaired) electrons. The van der Waals surface area contributed by atoms with Crippen molar-refractivity contribution in [2.75, 3.05) is 57.4 Å². The van der Waals surface area contributed by atoms with Crippen molar-refractivity contribution in [3.05, 3.63) is 12.5 Å². The standard InChI is InChI=1S/C20H29N7O3/c1-24-18-15(12-23-24)19(22-14-21-18)26-8-6-25(7-9-26)17(28)13-27-5-3-2-4-16(27)20-29-10-11-30-20/h12,14,16,20H,2-11,13H2,1H3. The van der Waals surface area contributed by atoms with Gasteiger partial charge in [-0.2, -0.15) is 5.10 Å². The van der Waals surface area contributed by atoms with Crippen molar-refractivity contribution >= 4 is 22.8 Å². The highest BCUT2D eigenvalue weighted by Gasteiger charge is 2.35. The second-order valence-corrected chi connectivity index (χ2v) is 8.21. The minimum absolute atomic E-state index is 0.186. The number of hydrogen-bond acceptors (Lipinski definition) is 8. The van der Waals surface area contributed by atoms with Gasteiger partial charge in [-0.15, -0.1) is 0 Å². The lowest BCUT2D eigenvalue weighted by Crippen LogP contribution is -2.55. The second-order valence-electron chi connectivity index (χ2n) is 8.21. The molecule has 30 heavy (non-hydrogen) atoms. The number of aryl methyl sites for hydroxylation is 1. The maximum absolute atomic E-state index is 13.0. The summed E-state index contributed by atoms with van der Waals surface area (Å²) in [5, 5.41) is 5.25. The fraction of sp³-hybridized carbons (Fsp3) is 0.700. The van der Waals surface area contributed by atoms with E-state index in [0.717, 1.165) is 49.3 Å². The largest absolute Gasteiger partial charge is 0.352 e. The summed E-state index contributed by atoms with van der Waals surface area (Å²) in [6.45, 7) is 5.57. The quantitative estimate of drug-likeness (QED) is 0.702. The smallest absolute Gasteiger partial charge is 0.236 e. The number of anilines is 1. The minimum atomic E-state index is -0.186. The van der Waals surface area contributed by atoms with Crippen LogP contribution in [0.15, 0.2) is 12.5 Å². The predicted molar refractivity (Wildman–Crippen MR) is 110 cm³/mol. The van der Waals surface area contributed by atoms with E-state index in [2.05, 4.69) is 24.9 Å². The molecule has 5 rings (SSSR count). The van der Waals surface area contributed by atoms with Crippen molar-refractivity contribution in [2.24, 2.45) is 7.05 Å². The zero-order valence-corrected chi connectivity index (χ0v) is 17.4. The summed E-state index contributed by atoms with van der Waals surface area (Å²) in [6, 6.07) is 0.186. The van der Waals surface area contributed by atoms with Crippen molar-refractivity contribution in [2.45, 2.75) is 31.6 Å². The number of nitrogens with zero attached hydrogens (tertiary/aromatic N) is 7. The number of carbonyl (C=O) groups is 1. The highest BCUT2D eigenvalue weighted by Crippen LogP contribution is 2.25. The van der Waals surface area contributed by atoms with Crippen molar-refractivity contribution in [3.63, 3.8) is 0 Å². The molecule has 162 valence electrons. The molecule has 0 aromatic carbocycles. The summed E-state index contributed by atoms with van der Waals surface area (Å²) >= 11 is 0. The Morgan fingerprint density at radius 1 is 1.10 bits per heavy atom. The molecule has 2 aromatic rings. The predicted octanol–water partition coefficient (Wildman–Crippen LogP) is 0.239. The third-order valence-electron chi connectivity index (χ3n) is 6.40. The van der Waals surface area contributed by atoms with Crippen LogP contribution in [0.1, 0.15) is 19.3 Å². The molecule has 3 aliphatic heterocycles. The molecule has 1 unspecified atom stereocenters. The molecule has 0 aliphatic carbocycles. The molecule has 2 aromatic heterocycles. The number of fused-ring (bicyclic) bond motifs is 1. The van der Waals surface area contributed by atoms with Gasteiger partial charge in [-0.1, -0.05) is 6.42 Å². The van der Waals surface area contributed by atoms with Crippen LogP contribution in [0.4, 0.5) is 5.82 Å². The zero-order valence-electron chi connectivity index (χ0n) is 17.4. The van der Waals surface area contributed by atoms with Gasteiger partial charge in [0.2, 0.25) is 5.91 Å². The molecule has 0 N–H and O–H groups in total. The molecular formula is C20H29N7O3. The lowest BCUT2D eigenvalue weighted by atomic mass is 10.0. The number of piperidine rings is 1. The molecule has 10 nitrogen and oxygen atoms in total. The third kappa shape index (κ3) is 3.75. The topological polar surface area (TPSA) is 88.9 Å². The maximum Gasteiger partial charge on any atom is 0.236 e. The Labute approximate surface area is 175 Å². The Morgan fingerprint density at radius 2 is 1.90 bits per heavy atom. The number of hydrogen-bond donors (Lipinski definition) is 0. The third-order valence-corrected chi connectivity index (χ3v) is 6.40. The van der Waals surface area contributed by atoms with Crippen LogP contribution in [0.25, 0.3) is 11.0 Å². The molecule has 1 atom stereocenters. The van der Waals surface area contributed by atoms with Gasteiger partial charge in [-0.3, -0.25) is 14.4 Å². The number of piperazine rings is 1. The summed E-state index contributed by atoms with van der Waals surface area (Å²) in [6.07, 6.45) is 6.53. The molecular weight excluding hydrogens is 386 g/mol. The van der Waals surface area contributed by atoms with Crippen molar-refractivity contribution in [1.29, 1.82) is 0 Å². The average Bonchev–Trinajstić information content (AvgIpc) is 3.45. The summed E-state index contributed by atoms with van der Waals surface area (Å²) in [4.78, 5) is 28.3. The molecule has 0 spiro atoms.